The van der Waals surface area contributed by atoms with Crippen LogP contribution < -0.4 is 5.32 Å². The fourth-order valence-corrected chi connectivity index (χ4v) is 11.3. The van der Waals surface area contributed by atoms with Gasteiger partial charge in [-0.25, -0.2) is 0 Å². The van der Waals surface area contributed by atoms with Gasteiger partial charge in [0.25, 0.3) is 0 Å². The van der Waals surface area contributed by atoms with Crippen molar-refractivity contribution in [2.75, 3.05) is 13.2 Å². The Labute approximate surface area is 501 Å². The molecule has 476 valence electrons. The van der Waals surface area contributed by atoms with E-state index in [0.29, 0.717) is 6.42 Å². The van der Waals surface area contributed by atoms with Gasteiger partial charge in [-0.15, -0.1) is 0 Å². The van der Waals surface area contributed by atoms with Crippen molar-refractivity contribution in [2.24, 2.45) is 0 Å². The largest absolute Gasteiger partial charge is 0.394 e. The molecule has 0 bridgehead atoms. The topological polar surface area (TPSA) is 149 Å². The van der Waals surface area contributed by atoms with Gasteiger partial charge in [-0.1, -0.05) is 319 Å². The second kappa shape index (κ2) is 61.2. The number of aliphatic hydroxyl groups excluding tert-OH is 5. The lowest BCUT2D eigenvalue weighted by molar-refractivity contribution is -0.302. The van der Waals surface area contributed by atoms with Crippen LogP contribution in [-0.4, -0.2) is 87.5 Å². The molecule has 9 nitrogen and oxygen atoms in total. The average Bonchev–Trinajstić information content (AvgIpc) is 3.51. The smallest absolute Gasteiger partial charge is 0.220 e. The van der Waals surface area contributed by atoms with Gasteiger partial charge in [-0.3, -0.25) is 4.79 Å². The van der Waals surface area contributed by atoms with Gasteiger partial charge in [0.05, 0.1) is 25.4 Å². The first-order valence-corrected chi connectivity index (χ1v) is 35.4. The molecule has 0 radical (unpaired) electrons. The van der Waals surface area contributed by atoms with E-state index in [0.717, 1.165) is 44.9 Å². The van der Waals surface area contributed by atoms with E-state index in [1.807, 2.05) is 6.08 Å². The molecule has 81 heavy (non-hydrogen) atoms. The summed E-state index contributed by atoms with van der Waals surface area (Å²) in [5, 5.41) is 54.7. The summed E-state index contributed by atoms with van der Waals surface area (Å²) in [6.07, 6.45) is 76.6. The van der Waals surface area contributed by atoms with Crippen molar-refractivity contribution >= 4 is 5.91 Å². The Balaban J connectivity index is 2.16. The van der Waals surface area contributed by atoms with Crippen molar-refractivity contribution in [3.63, 3.8) is 0 Å². The fraction of sp³-hybridized carbons (Fsp3) is 0.875. The summed E-state index contributed by atoms with van der Waals surface area (Å²) in [6, 6.07) is -0.830. The predicted octanol–water partition coefficient (Wildman–Crippen LogP) is 19.2. The maximum absolute atomic E-state index is 13.1. The maximum Gasteiger partial charge on any atom is 0.220 e. The summed E-state index contributed by atoms with van der Waals surface area (Å²) in [6.45, 7) is 3.81. The second-order valence-electron chi connectivity index (χ2n) is 24.7. The molecule has 0 aromatic heterocycles. The number of rotatable bonds is 62. The number of carbonyl (C=O) groups is 1. The Hall–Kier alpha value is -1.85. The highest BCUT2D eigenvalue weighted by Crippen LogP contribution is 2.23. The molecule has 7 unspecified atom stereocenters. The van der Waals surface area contributed by atoms with Gasteiger partial charge in [0.1, 0.15) is 24.4 Å². The zero-order valence-corrected chi connectivity index (χ0v) is 53.3. The maximum atomic E-state index is 13.1. The van der Waals surface area contributed by atoms with Crippen LogP contribution in [0.25, 0.3) is 0 Å². The van der Waals surface area contributed by atoms with Crippen LogP contribution in [0.4, 0.5) is 0 Å². The molecule has 7 atom stereocenters. The van der Waals surface area contributed by atoms with Crippen LogP contribution in [-0.2, 0) is 14.3 Å². The summed E-state index contributed by atoms with van der Waals surface area (Å²) >= 11 is 0. The minimum Gasteiger partial charge on any atom is -0.394 e. The SMILES string of the molecule is CCCCCCCCCC/C=C\CCCCCCCCCCCCCCCCCCCC(=O)NC(COC1OC(CO)C(O)C(O)C1O)C(O)/C=C/CC/C=C/CC/C=C/CCCCCCCCCCCCCCCCCCCCC. The Morgan fingerprint density at radius 3 is 1.04 bits per heavy atom. The molecule has 0 aromatic carbocycles. The van der Waals surface area contributed by atoms with Crippen LogP contribution in [0.5, 0.6) is 0 Å². The molecule has 0 aromatic rings. The van der Waals surface area contributed by atoms with Gasteiger partial charge < -0.3 is 40.3 Å². The van der Waals surface area contributed by atoms with Crippen molar-refractivity contribution in [1.82, 2.24) is 5.32 Å². The third kappa shape index (κ3) is 50.1. The van der Waals surface area contributed by atoms with Crippen molar-refractivity contribution in [3.8, 4) is 0 Å². The highest BCUT2D eigenvalue weighted by molar-refractivity contribution is 5.76. The van der Waals surface area contributed by atoms with Gasteiger partial charge in [-0.2, -0.15) is 0 Å². The summed E-state index contributed by atoms with van der Waals surface area (Å²) in [5.41, 5.74) is 0. The first-order valence-electron chi connectivity index (χ1n) is 35.4. The van der Waals surface area contributed by atoms with E-state index < -0.39 is 49.5 Å². The normalized spacial score (nSPS) is 18.6. The zero-order chi connectivity index (χ0) is 58.6. The first kappa shape index (κ1) is 77.2. The molecule has 6 N–H and O–H groups in total. The quantitative estimate of drug-likeness (QED) is 0.0261. The number of amides is 1. The van der Waals surface area contributed by atoms with E-state index in [2.05, 4.69) is 55.6 Å². The summed E-state index contributed by atoms with van der Waals surface area (Å²) in [7, 11) is 0. The number of aliphatic hydroxyl groups is 5. The highest BCUT2D eigenvalue weighted by atomic mass is 16.7. The number of hydrogen-bond acceptors (Lipinski definition) is 8. The molecule has 1 amide bonds. The predicted molar refractivity (Wildman–Crippen MR) is 346 cm³/mol. The van der Waals surface area contributed by atoms with Gasteiger partial charge in [0.2, 0.25) is 5.91 Å². The molecule has 1 saturated heterocycles. The van der Waals surface area contributed by atoms with Crippen molar-refractivity contribution in [3.05, 3.63) is 48.6 Å². The lowest BCUT2D eigenvalue weighted by Gasteiger charge is -2.40. The number of unbranched alkanes of at least 4 members (excludes halogenated alkanes) is 46. The number of hydrogen-bond donors (Lipinski definition) is 6. The minimum absolute atomic E-state index is 0.185. The Bertz CT molecular complexity index is 1420. The monoisotopic (exact) mass is 1140 g/mol. The Kier molecular flexibility index (Phi) is 58.3. The molecule has 1 aliphatic heterocycles. The van der Waals surface area contributed by atoms with E-state index in [1.165, 1.54) is 283 Å². The first-order chi connectivity index (χ1) is 39.8. The number of carbonyl (C=O) groups excluding carboxylic acids is 1. The van der Waals surface area contributed by atoms with E-state index in [-0.39, 0.29) is 12.5 Å². The third-order valence-corrected chi connectivity index (χ3v) is 16.9. The number of nitrogens with one attached hydrogen (secondary N) is 1. The van der Waals surface area contributed by atoms with Crippen LogP contribution in [0.2, 0.25) is 0 Å². The molecular formula is C72H135NO8. The van der Waals surface area contributed by atoms with E-state index in [1.54, 1.807) is 6.08 Å². The minimum atomic E-state index is -1.58. The summed E-state index contributed by atoms with van der Waals surface area (Å²) in [4.78, 5) is 13.1. The molecule has 1 aliphatic rings. The molecule has 0 saturated carbocycles. The average molecular weight is 1140 g/mol. The van der Waals surface area contributed by atoms with Crippen molar-refractivity contribution < 1.29 is 39.8 Å². The van der Waals surface area contributed by atoms with Crippen LogP contribution in [0.15, 0.2) is 48.6 Å². The Morgan fingerprint density at radius 2 is 0.704 bits per heavy atom. The van der Waals surface area contributed by atoms with Crippen LogP contribution in [0, 0.1) is 0 Å². The van der Waals surface area contributed by atoms with Crippen molar-refractivity contribution in [2.45, 2.75) is 391 Å². The number of allylic oxidation sites excluding steroid dienone is 7. The molecule has 1 rings (SSSR count). The van der Waals surface area contributed by atoms with Crippen LogP contribution in [0.3, 0.4) is 0 Å². The number of ether oxygens (including phenoxy) is 2. The third-order valence-electron chi connectivity index (χ3n) is 16.9. The molecule has 1 heterocycles. The fourth-order valence-electron chi connectivity index (χ4n) is 11.3. The Morgan fingerprint density at radius 1 is 0.407 bits per heavy atom. The van der Waals surface area contributed by atoms with Gasteiger partial charge in [-0.05, 0) is 70.6 Å². The summed E-state index contributed by atoms with van der Waals surface area (Å²) < 4.78 is 11.3. The van der Waals surface area contributed by atoms with Gasteiger partial charge in [0.15, 0.2) is 6.29 Å². The molecule has 0 aliphatic carbocycles. The summed E-state index contributed by atoms with van der Waals surface area (Å²) in [5.74, 6) is -0.185. The van der Waals surface area contributed by atoms with Gasteiger partial charge >= 0.3 is 0 Å². The van der Waals surface area contributed by atoms with E-state index in [4.69, 9.17) is 9.47 Å². The molecular weight excluding hydrogens is 1010 g/mol. The molecule has 1 fully saturated rings. The lowest BCUT2D eigenvalue weighted by Crippen LogP contribution is -2.60. The highest BCUT2D eigenvalue weighted by Gasteiger charge is 2.44. The van der Waals surface area contributed by atoms with Crippen LogP contribution in [0.1, 0.15) is 348 Å². The van der Waals surface area contributed by atoms with Crippen LogP contribution >= 0.6 is 0 Å². The molecule has 9 heteroatoms. The second-order valence-corrected chi connectivity index (χ2v) is 24.7. The van der Waals surface area contributed by atoms with Crippen molar-refractivity contribution in [1.29, 1.82) is 0 Å². The van der Waals surface area contributed by atoms with Gasteiger partial charge in [0, 0.05) is 6.42 Å². The van der Waals surface area contributed by atoms with E-state index in [9.17, 15) is 30.3 Å². The lowest BCUT2D eigenvalue weighted by atomic mass is 9.99. The molecule has 0 spiro atoms. The zero-order valence-electron chi connectivity index (χ0n) is 53.3. The van der Waals surface area contributed by atoms with E-state index >= 15 is 0 Å². The standard InChI is InChI=1S/C72H135NO8/c1-3-5-7-9-11-13-15-17-19-21-23-25-27-29-31-33-35-37-39-41-43-45-47-49-51-53-55-57-59-61-66(75)65(64-80-72-71(79)70(78)69(77)67(63-74)81-72)73-68(76)62-60-58-56-54-52-50-48-46-44-42-40-38-36-34-32-30-28-26-24-22-20-18-16-14-12-10-8-6-4-2/h22,24,43,45,51,53,59,61,65-67,69-72,74-75,77-79H,3-21,23,25-42,44,46-50,52,54-58,60,62-64H2,1-2H3,(H,73,76)/b24-22-,45-43+,53-51+,61-59+.